The molecule has 122 valence electrons. The average molecular weight is 318 g/mol. The molecule has 0 saturated heterocycles. The van der Waals surface area contributed by atoms with Crippen LogP contribution in [-0.4, -0.2) is 44.9 Å². The molecule has 0 radical (unpaired) electrons. The standard InChI is InChI=1S/C14H26N2O4S/c1-4-11-5-7-14(8-6-11,12(17)18)16-13(19)15-9-10(2)21(3)20/h10-11H,4-9H2,1-3H3,(H,17,18)(H2,15,16,19). The Hall–Kier alpha value is -1.11. The van der Waals surface area contributed by atoms with Crippen molar-refractivity contribution in [1.29, 1.82) is 0 Å². The number of carbonyl (C=O) groups excluding carboxylic acids is 1. The van der Waals surface area contributed by atoms with Crippen LogP contribution in [0.1, 0.15) is 46.0 Å². The van der Waals surface area contributed by atoms with Crippen molar-refractivity contribution in [2.24, 2.45) is 5.92 Å². The van der Waals surface area contributed by atoms with Gasteiger partial charge in [-0.1, -0.05) is 13.3 Å². The average Bonchev–Trinajstić information content (AvgIpc) is 2.45. The Kier molecular flexibility index (Phi) is 6.64. The summed E-state index contributed by atoms with van der Waals surface area (Å²) in [6, 6.07) is -0.496. The van der Waals surface area contributed by atoms with Gasteiger partial charge in [0.05, 0.1) is 0 Å². The van der Waals surface area contributed by atoms with Crippen LogP contribution in [0.2, 0.25) is 0 Å². The summed E-state index contributed by atoms with van der Waals surface area (Å²) in [5.74, 6) is -0.427. The van der Waals surface area contributed by atoms with Crippen LogP contribution < -0.4 is 10.6 Å². The minimum absolute atomic E-state index is 0.160. The van der Waals surface area contributed by atoms with Crippen molar-refractivity contribution in [2.75, 3.05) is 12.8 Å². The van der Waals surface area contributed by atoms with Gasteiger partial charge in [0.15, 0.2) is 0 Å². The van der Waals surface area contributed by atoms with Crippen molar-refractivity contribution < 1.29 is 18.9 Å². The molecule has 1 aliphatic carbocycles. The highest BCUT2D eigenvalue weighted by Gasteiger charge is 2.42. The predicted molar refractivity (Wildman–Crippen MR) is 82.7 cm³/mol. The number of amides is 2. The fourth-order valence-corrected chi connectivity index (χ4v) is 2.90. The molecule has 0 aromatic heterocycles. The predicted octanol–water partition coefficient (Wildman–Crippen LogP) is 1.48. The minimum atomic E-state index is -1.16. The van der Waals surface area contributed by atoms with Crippen LogP contribution >= 0.6 is 0 Å². The number of aliphatic carboxylic acids is 1. The van der Waals surface area contributed by atoms with E-state index in [9.17, 15) is 18.9 Å². The molecule has 1 rings (SSSR count). The molecule has 6 nitrogen and oxygen atoms in total. The van der Waals surface area contributed by atoms with E-state index in [0.717, 1.165) is 19.3 Å². The van der Waals surface area contributed by atoms with Gasteiger partial charge in [0.1, 0.15) is 5.54 Å². The summed E-state index contributed by atoms with van der Waals surface area (Å²) in [5, 5.41) is 14.5. The zero-order valence-electron chi connectivity index (χ0n) is 13.0. The van der Waals surface area contributed by atoms with Gasteiger partial charge in [-0.2, -0.15) is 0 Å². The van der Waals surface area contributed by atoms with Crippen LogP contribution in [-0.2, 0) is 15.6 Å². The molecule has 7 heteroatoms. The van der Waals surface area contributed by atoms with Crippen LogP contribution in [0, 0.1) is 5.92 Å². The number of carboxylic acid groups (broad SMARTS) is 1. The summed E-state index contributed by atoms with van der Waals surface area (Å²) in [7, 11) is -1.02. The second-order valence-corrected chi connectivity index (χ2v) is 7.69. The molecule has 1 saturated carbocycles. The molecule has 2 unspecified atom stereocenters. The Labute approximate surface area is 128 Å². The lowest BCUT2D eigenvalue weighted by Gasteiger charge is -2.37. The first-order chi connectivity index (χ1) is 9.80. The lowest BCUT2D eigenvalue weighted by Crippen LogP contribution is -2.59. The van der Waals surface area contributed by atoms with Gasteiger partial charge < -0.3 is 15.7 Å². The molecule has 0 aromatic carbocycles. The first kappa shape index (κ1) is 17.9. The molecule has 0 bridgehead atoms. The second-order valence-electron chi connectivity index (χ2n) is 5.88. The Morgan fingerprint density at radius 2 is 1.95 bits per heavy atom. The molecule has 0 aromatic rings. The lowest BCUT2D eigenvalue weighted by molar-refractivity contribution is -0.146. The molecule has 2 atom stereocenters. The number of urea groups is 1. The first-order valence-corrected chi connectivity index (χ1v) is 9.04. The Bertz CT molecular complexity index is 406. The van der Waals surface area contributed by atoms with Crippen molar-refractivity contribution >= 4 is 22.8 Å². The maximum absolute atomic E-state index is 11.9. The zero-order chi connectivity index (χ0) is 16.0. The molecule has 1 fully saturated rings. The first-order valence-electron chi connectivity index (χ1n) is 7.42. The summed E-state index contributed by atoms with van der Waals surface area (Å²) in [6.07, 6.45) is 5.18. The van der Waals surface area contributed by atoms with E-state index in [4.69, 9.17) is 0 Å². The quantitative estimate of drug-likeness (QED) is 0.691. The number of carboxylic acids is 1. The smallest absolute Gasteiger partial charge is 0.329 e. The van der Waals surface area contributed by atoms with Gasteiger partial charge in [-0.25, -0.2) is 9.59 Å². The molecule has 0 spiro atoms. The van der Waals surface area contributed by atoms with Crippen molar-refractivity contribution in [1.82, 2.24) is 10.6 Å². The topological polar surface area (TPSA) is 95.5 Å². The summed E-state index contributed by atoms with van der Waals surface area (Å²) >= 11 is 0. The number of carbonyl (C=O) groups is 2. The van der Waals surface area contributed by atoms with Gasteiger partial charge in [0.2, 0.25) is 0 Å². The number of rotatable bonds is 6. The van der Waals surface area contributed by atoms with Crippen LogP contribution in [0.3, 0.4) is 0 Å². The molecule has 0 aliphatic heterocycles. The summed E-state index contributed by atoms with van der Waals surface area (Å²) in [4.78, 5) is 23.5. The maximum Gasteiger partial charge on any atom is 0.329 e. The van der Waals surface area contributed by atoms with E-state index in [2.05, 4.69) is 17.6 Å². The third-order valence-electron chi connectivity index (χ3n) is 4.41. The molecule has 21 heavy (non-hydrogen) atoms. The van der Waals surface area contributed by atoms with Crippen LogP contribution in [0.4, 0.5) is 4.79 Å². The third kappa shape index (κ3) is 4.98. The zero-order valence-corrected chi connectivity index (χ0v) is 13.8. The number of hydrogen-bond acceptors (Lipinski definition) is 3. The summed E-state index contributed by atoms with van der Waals surface area (Å²) in [6.45, 7) is 4.14. The summed E-state index contributed by atoms with van der Waals surface area (Å²) in [5.41, 5.74) is -1.16. The summed E-state index contributed by atoms with van der Waals surface area (Å²) < 4.78 is 11.2. The van der Waals surface area contributed by atoms with Gasteiger partial charge in [-0.05, 0) is 38.5 Å². The van der Waals surface area contributed by atoms with Gasteiger partial charge in [-0.15, -0.1) is 0 Å². The van der Waals surface area contributed by atoms with Gasteiger partial charge in [0.25, 0.3) is 0 Å². The number of hydrogen-bond donors (Lipinski definition) is 3. The highest BCUT2D eigenvalue weighted by molar-refractivity contribution is 7.84. The fourth-order valence-electron chi connectivity index (χ4n) is 2.59. The van der Waals surface area contributed by atoms with Crippen molar-refractivity contribution in [3.8, 4) is 0 Å². The van der Waals surface area contributed by atoms with Gasteiger partial charge in [0, 0.05) is 28.9 Å². The fraction of sp³-hybridized carbons (Fsp3) is 0.857. The highest BCUT2D eigenvalue weighted by Crippen LogP contribution is 2.33. The van der Waals surface area contributed by atoms with Crippen molar-refractivity contribution in [3.63, 3.8) is 0 Å². The Balaban J connectivity index is 2.57. The SMILES string of the molecule is CCC1CCC(NC(=O)NCC(C)S(C)=O)(C(=O)O)CC1. The lowest BCUT2D eigenvalue weighted by atomic mass is 9.75. The highest BCUT2D eigenvalue weighted by atomic mass is 32.2. The maximum atomic E-state index is 11.9. The minimum Gasteiger partial charge on any atom is -0.480 e. The van der Waals surface area contributed by atoms with E-state index >= 15 is 0 Å². The van der Waals surface area contributed by atoms with Crippen molar-refractivity contribution in [3.05, 3.63) is 0 Å². The largest absolute Gasteiger partial charge is 0.480 e. The second kappa shape index (κ2) is 7.77. The normalized spacial score (nSPS) is 28.4. The molecule has 1 aliphatic rings. The Morgan fingerprint density at radius 1 is 1.38 bits per heavy atom. The van der Waals surface area contributed by atoms with Crippen LogP contribution in [0.25, 0.3) is 0 Å². The van der Waals surface area contributed by atoms with E-state index in [1.165, 1.54) is 0 Å². The number of nitrogens with one attached hydrogen (secondary N) is 2. The van der Waals surface area contributed by atoms with Crippen LogP contribution in [0.5, 0.6) is 0 Å². The third-order valence-corrected chi connectivity index (χ3v) is 5.71. The van der Waals surface area contributed by atoms with Crippen LogP contribution in [0.15, 0.2) is 0 Å². The molecular formula is C14H26N2O4S. The van der Waals surface area contributed by atoms with Crippen molar-refractivity contribution in [2.45, 2.75) is 56.7 Å². The molecule has 2 amide bonds. The molecule has 3 N–H and O–H groups in total. The monoisotopic (exact) mass is 318 g/mol. The van der Waals surface area contributed by atoms with Gasteiger partial charge in [-0.3, -0.25) is 4.21 Å². The molecule has 0 heterocycles. The van der Waals surface area contributed by atoms with E-state index in [-0.39, 0.29) is 11.8 Å². The van der Waals surface area contributed by atoms with Gasteiger partial charge >= 0.3 is 12.0 Å². The van der Waals surface area contributed by atoms with E-state index in [1.54, 1.807) is 13.2 Å². The van der Waals surface area contributed by atoms with E-state index < -0.39 is 28.3 Å². The van der Waals surface area contributed by atoms with E-state index in [1.807, 2.05) is 0 Å². The molecular weight excluding hydrogens is 292 g/mol. The Morgan fingerprint density at radius 3 is 2.38 bits per heavy atom. The van der Waals surface area contributed by atoms with E-state index in [0.29, 0.717) is 18.8 Å².